The first-order chi connectivity index (χ1) is 16.6. The van der Waals surface area contributed by atoms with Gasteiger partial charge in [0.2, 0.25) is 0 Å². The number of aromatic carboxylic acids is 1. The number of sulfonamides is 1. The van der Waals surface area contributed by atoms with E-state index in [1.54, 1.807) is 12.1 Å². The molecule has 9 nitrogen and oxygen atoms in total. The van der Waals surface area contributed by atoms with Crippen molar-refractivity contribution in [1.82, 2.24) is 0 Å². The molecule has 3 N–H and O–H groups in total. The fourth-order valence-electron chi connectivity index (χ4n) is 2.93. The SMILES string of the molecule is CCCCN(CC)c1ccc(NS(=O)(=O)c2ccc(C(C)=O)cc2)cc1C(=O)O.O=C(O)C(F)(F)F. The highest BCUT2D eigenvalue weighted by Gasteiger charge is 2.38. The van der Waals surface area contributed by atoms with E-state index in [0.717, 1.165) is 19.4 Å². The van der Waals surface area contributed by atoms with Gasteiger partial charge in [-0.3, -0.25) is 9.52 Å². The molecule has 0 spiro atoms. The average Bonchev–Trinajstić information content (AvgIpc) is 2.79. The van der Waals surface area contributed by atoms with Crippen molar-refractivity contribution in [3.8, 4) is 0 Å². The number of benzene rings is 2. The molecule has 0 atom stereocenters. The number of hydrogen-bond donors (Lipinski definition) is 3. The summed E-state index contributed by atoms with van der Waals surface area (Å²) in [7, 11) is -3.92. The molecule has 0 saturated carbocycles. The fraction of sp³-hybridized carbons (Fsp3) is 0.348. The number of nitrogens with zero attached hydrogens (tertiary/aromatic N) is 1. The Bertz CT molecular complexity index is 1180. The second kappa shape index (κ2) is 12.9. The van der Waals surface area contributed by atoms with E-state index in [1.165, 1.54) is 37.3 Å². The second-order valence-corrected chi connectivity index (χ2v) is 9.14. The molecule has 0 amide bonds. The van der Waals surface area contributed by atoms with E-state index in [2.05, 4.69) is 11.6 Å². The van der Waals surface area contributed by atoms with Crippen molar-refractivity contribution in [3.05, 3.63) is 53.6 Å². The van der Waals surface area contributed by atoms with Crippen LogP contribution in [0.3, 0.4) is 0 Å². The van der Waals surface area contributed by atoms with Crippen LogP contribution in [-0.2, 0) is 14.8 Å². The minimum absolute atomic E-state index is 0.0124. The minimum atomic E-state index is -5.08. The van der Waals surface area contributed by atoms with Gasteiger partial charge in [0.1, 0.15) is 0 Å². The number of Topliss-reactive ketones (excluding diaryl/α,β-unsaturated/α-hetero) is 1. The summed E-state index contributed by atoms with van der Waals surface area (Å²) in [4.78, 5) is 34.0. The van der Waals surface area contributed by atoms with Crippen LogP contribution in [0.2, 0.25) is 0 Å². The number of carbonyl (C=O) groups excluding carboxylic acids is 1. The van der Waals surface area contributed by atoms with Crippen LogP contribution in [0, 0.1) is 0 Å². The second-order valence-electron chi connectivity index (χ2n) is 7.46. The molecule has 2 aromatic carbocycles. The van der Waals surface area contributed by atoms with E-state index in [-0.39, 0.29) is 21.9 Å². The molecule has 0 aliphatic carbocycles. The zero-order valence-corrected chi connectivity index (χ0v) is 20.6. The quantitative estimate of drug-likeness (QED) is 0.376. The maximum Gasteiger partial charge on any atom is 0.490 e. The zero-order valence-electron chi connectivity index (χ0n) is 19.8. The maximum absolute atomic E-state index is 12.6. The molecule has 0 heterocycles. The summed E-state index contributed by atoms with van der Waals surface area (Å²) in [5, 5.41) is 16.7. The number of unbranched alkanes of at least 4 members (excludes halogenated alkanes) is 1. The van der Waals surface area contributed by atoms with E-state index in [9.17, 15) is 36.3 Å². The summed E-state index contributed by atoms with van der Waals surface area (Å²) in [6.45, 7) is 6.78. The highest BCUT2D eigenvalue weighted by molar-refractivity contribution is 7.92. The Hall–Kier alpha value is -3.61. The van der Waals surface area contributed by atoms with Gasteiger partial charge in [-0.05, 0) is 50.6 Å². The third-order valence-electron chi connectivity index (χ3n) is 4.80. The van der Waals surface area contributed by atoms with E-state index >= 15 is 0 Å². The van der Waals surface area contributed by atoms with Crippen LogP contribution in [0.4, 0.5) is 24.5 Å². The number of aliphatic carboxylic acids is 1. The van der Waals surface area contributed by atoms with Gasteiger partial charge in [0, 0.05) is 24.3 Å². The van der Waals surface area contributed by atoms with Crippen LogP contribution in [0.15, 0.2) is 47.4 Å². The number of carboxylic acids is 2. The molecule has 2 aromatic rings. The lowest BCUT2D eigenvalue weighted by Crippen LogP contribution is -2.26. The summed E-state index contributed by atoms with van der Waals surface area (Å²) in [6.07, 6.45) is -3.17. The Kier molecular flexibility index (Phi) is 10.9. The van der Waals surface area contributed by atoms with Gasteiger partial charge in [0.15, 0.2) is 5.78 Å². The third kappa shape index (κ3) is 8.87. The summed E-state index contributed by atoms with van der Waals surface area (Å²) in [5.74, 6) is -4.04. The number of nitrogens with one attached hydrogen (secondary N) is 1. The van der Waals surface area contributed by atoms with E-state index in [4.69, 9.17) is 9.90 Å². The summed E-state index contributed by atoms with van der Waals surface area (Å²) in [6, 6.07) is 10.1. The Morgan fingerprint density at radius 1 is 1.00 bits per heavy atom. The number of rotatable bonds is 10. The number of carbonyl (C=O) groups is 3. The number of alkyl halides is 3. The highest BCUT2D eigenvalue weighted by atomic mass is 32.2. The molecule has 0 aliphatic heterocycles. The molecule has 0 aliphatic rings. The van der Waals surface area contributed by atoms with Crippen molar-refractivity contribution < 1.29 is 46.2 Å². The van der Waals surface area contributed by atoms with Crippen LogP contribution >= 0.6 is 0 Å². The van der Waals surface area contributed by atoms with Gasteiger partial charge in [0.05, 0.1) is 16.1 Å². The predicted molar refractivity (Wildman–Crippen MR) is 127 cm³/mol. The molecule has 0 saturated heterocycles. The van der Waals surface area contributed by atoms with E-state index in [1.807, 2.05) is 11.8 Å². The first-order valence-corrected chi connectivity index (χ1v) is 12.2. The lowest BCUT2D eigenvalue weighted by atomic mass is 10.1. The van der Waals surface area contributed by atoms with Gasteiger partial charge in [-0.15, -0.1) is 0 Å². The van der Waals surface area contributed by atoms with Gasteiger partial charge >= 0.3 is 18.1 Å². The highest BCUT2D eigenvalue weighted by Crippen LogP contribution is 2.26. The zero-order chi connectivity index (χ0) is 27.7. The normalized spacial score (nSPS) is 11.2. The van der Waals surface area contributed by atoms with Gasteiger partial charge in [-0.2, -0.15) is 13.2 Å². The molecule has 198 valence electrons. The van der Waals surface area contributed by atoms with Crippen molar-refractivity contribution in [3.63, 3.8) is 0 Å². The Morgan fingerprint density at radius 2 is 1.56 bits per heavy atom. The standard InChI is InChI=1S/C21H26N2O5S.C2HF3O2/c1-4-6-13-23(5-2)20-12-9-17(14-19(20)21(25)26)22-29(27,28)18-10-7-16(8-11-18)15(3)24;3-2(4,5)1(6)7/h7-12,14,22H,4-6,13H2,1-3H3,(H,25,26);(H,6,7). The van der Waals surface area contributed by atoms with E-state index < -0.39 is 28.1 Å². The van der Waals surface area contributed by atoms with Crippen molar-refractivity contribution in [2.24, 2.45) is 0 Å². The topological polar surface area (TPSA) is 141 Å². The molecule has 13 heteroatoms. The molecule has 36 heavy (non-hydrogen) atoms. The van der Waals surface area contributed by atoms with Crippen LogP contribution in [0.25, 0.3) is 0 Å². The largest absolute Gasteiger partial charge is 0.490 e. The lowest BCUT2D eigenvalue weighted by molar-refractivity contribution is -0.192. The van der Waals surface area contributed by atoms with E-state index in [0.29, 0.717) is 17.8 Å². The fourth-order valence-corrected chi connectivity index (χ4v) is 3.98. The third-order valence-corrected chi connectivity index (χ3v) is 6.19. The first kappa shape index (κ1) is 30.4. The summed E-state index contributed by atoms with van der Waals surface area (Å²) < 4.78 is 59.4. The van der Waals surface area contributed by atoms with Gasteiger partial charge < -0.3 is 15.1 Å². The molecule has 0 bridgehead atoms. The molecule has 0 unspecified atom stereocenters. The van der Waals surface area contributed by atoms with Crippen LogP contribution in [-0.4, -0.2) is 55.6 Å². The number of carboxylic acid groups (broad SMARTS) is 2. The Labute approximate surface area is 206 Å². The van der Waals surface area contributed by atoms with Crippen LogP contribution < -0.4 is 9.62 Å². The number of halogens is 3. The maximum atomic E-state index is 12.6. The Balaban J connectivity index is 0.000000809. The summed E-state index contributed by atoms with van der Waals surface area (Å²) >= 11 is 0. The molecule has 2 rings (SSSR count). The van der Waals surface area contributed by atoms with Gasteiger partial charge in [-0.1, -0.05) is 25.5 Å². The number of hydrogen-bond acceptors (Lipinski definition) is 6. The molecule has 0 radical (unpaired) electrons. The Morgan fingerprint density at radius 3 is 1.97 bits per heavy atom. The molecular formula is C23H27F3N2O7S. The monoisotopic (exact) mass is 532 g/mol. The van der Waals surface area contributed by atoms with Crippen molar-refractivity contribution in [2.45, 2.75) is 44.7 Å². The van der Waals surface area contributed by atoms with Crippen LogP contribution in [0.1, 0.15) is 54.3 Å². The van der Waals surface area contributed by atoms with Crippen molar-refractivity contribution >= 4 is 39.1 Å². The summed E-state index contributed by atoms with van der Waals surface area (Å²) in [5.41, 5.74) is 1.17. The number of anilines is 2. The smallest absolute Gasteiger partial charge is 0.478 e. The number of ketones is 1. The predicted octanol–water partition coefficient (Wildman–Crippen LogP) is 4.65. The molecular weight excluding hydrogens is 505 g/mol. The average molecular weight is 533 g/mol. The minimum Gasteiger partial charge on any atom is -0.478 e. The molecule has 0 aromatic heterocycles. The van der Waals surface area contributed by atoms with Gasteiger partial charge in [-0.25, -0.2) is 18.0 Å². The lowest BCUT2D eigenvalue weighted by Gasteiger charge is -2.25. The van der Waals surface area contributed by atoms with Crippen molar-refractivity contribution in [2.75, 3.05) is 22.7 Å². The molecule has 0 fully saturated rings. The van der Waals surface area contributed by atoms with Crippen LogP contribution in [0.5, 0.6) is 0 Å². The first-order valence-electron chi connectivity index (χ1n) is 10.7. The van der Waals surface area contributed by atoms with Gasteiger partial charge in [0.25, 0.3) is 10.0 Å². The van der Waals surface area contributed by atoms with Crippen molar-refractivity contribution in [1.29, 1.82) is 0 Å².